The zero-order valence-corrected chi connectivity index (χ0v) is 11.6. The summed E-state index contributed by atoms with van der Waals surface area (Å²) >= 11 is 0. The lowest BCUT2D eigenvalue weighted by molar-refractivity contribution is -0.118. The normalized spacial score (nSPS) is 25.6. The van der Waals surface area contributed by atoms with Crippen LogP contribution in [0.1, 0.15) is 45.4 Å². The first-order valence-electron chi connectivity index (χ1n) is 6.91. The van der Waals surface area contributed by atoms with Crippen molar-refractivity contribution in [2.24, 2.45) is 11.8 Å². The van der Waals surface area contributed by atoms with Crippen molar-refractivity contribution in [1.82, 2.24) is 4.90 Å². The van der Waals surface area contributed by atoms with Crippen molar-refractivity contribution in [1.29, 1.82) is 0 Å². The summed E-state index contributed by atoms with van der Waals surface area (Å²) in [5.41, 5.74) is 0. The number of carbonyl (C=O) groups is 1. The summed E-state index contributed by atoms with van der Waals surface area (Å²) in [5, 5.41) is 0. The topological polar surface area (TPSA) is 20.3 Å². The van der Waals surface area contributed by atoms with Gasteiger partial charge in [-0.05, 0) is 38.8 Å². The van der Waals surface area contributed by atoms with Crippen molar-refractivity contribution < 1.29 is 4.79 Å². The van der Waals surface area contributed by atoms with Crippen LogP contribution < -0.4 is 0 Å². The first-order valence-corrected chi connectivity index (χ1v) is 6.91. The summed E-state index contributed by atoms with van der Waals surface area (Å²) in [4.78, 5) is 13.6. The smallest absolute Gasteiger partial charge is 0.137 e. The maximum atomic E-state index is 11.6. The molecule has 0 aromatic heterocycles. The van der Waals surface area contributed by atoms with Gasteiger partial charge >= 0.3 is 0 Å². The molecule has 0 spiro atoms. The van der Waals surface area contributed by atoms with Gasteiger partial charge in [-0.1, -0.05) is 31.9 Å². The fourth-order valence-electron chi connectivity index (χ4n) is 2.32. The van der Waals surface area contributed by atoms with Gasteiger partial charge in [-0.2, -0.15) is 0 Å². The molecule has 0 atom stereocenters. The molecule has 0 aromatic rings. The second-order valence-corrected chi connectivity index (χ2v) is 5.74. The standard InChI is InChI=1S/C15H27NO/c1-13-7-9-14(10-8-13)5-4-6-15(17)11-12-16(2)3/h4-5,13-14H,6-12H2,1-3H3/b5-4+/t13-,14-. The third-order valence-electron chi connectivity index (χ3n) is 3.65. The van der Waals surface area contributed by atoms with Gasteiger partial charge in [-0.25, -0.2) is 0 Å². The molecule has 1 fully saturated rings. The molecule has 1 saturated carbocycles. The Morgan fingerprint density at radius 1 is 1.24 bits per heavy atom. The maximum Gasteiger partial charge on any atom is 0.137 e. The molecule has 0 saturated heterocycles. The van der Waals surface area contributed by atoms with Crippen molar-refractivity contribution in [3.63, 3.8) is 0 Å². The minimum atomic E-state index is 0.360. The van der Waals surface area contributed by atoms with E-state index in [4.69, 9.17) is 0 Å². The van der Waals surface area contributed by atoms with E-state index in [0.29, 0.717) is 18.6 Å². The van der Waals surface area contributed by atoms with Gasteiger partial charge in [-0.3, -0.25) is 4.79 Å². The summed E-state index contributed by atoms with van der Waals surface area (Å²) in [6.07, 6.45) is 11.0. The summed E-state index contributed by atoms with van der Waals surface area (Å²) in [6.45, 7) is 3.21. The van der Waals surface area contributed by atoms with Gasteiger partial charge in [0.2, 0.25) is 0 Å². The third kappa shape index (κ3) is 6.62. The number of rotatable bonds is 6. The molecule has 0 aliphatic heterocycles. The zero-order chi connectivity index (χ0) is 12.7. The average Bonchev–Trinajstić information content (AvgIpc) is 2.29. The van der Waals surface area contributed by atoms with Crippen LogP contribution in [-0.4, -0.2) is 31.3 Å². The fraction of sp³-hybridized carbons (Fsp3) is 0.800. The second kappa shape index (κ2) is 7.65. The average molecular weight is 237 g/mol. The Hall–Kier alpha value is -0.630. The van der Waals surface area contributed by atoms with Gasteiger partial charge in [0.15, 0.2) is 0 Å². The van der Waals surface area contributed by atoms with Gasteiger partial charge in [-0.15, -0.1) is 0 Å². The van der Waals surface area contributed by atoms with Crippen molar-refractivity contribution in [2.45, 2.75) is 45.4 Å². The Bertz CT molecular complexity index is 250. The molecule has 17 heavy (non-hydrogen) atoms. The molecule has 2 heteroatoms. The Morgan fingerprint density at radius 3 is 2.47 bits per heavy atom. The summed E-state index contributed by atoms with van der Waals surface area (Å²) < 4.78 is 0. The summed E-state index contributed by atoms with van der Waals surface area (Å²) in [6, 6.07) is 0. The molecule has 98 valence electrons. The van der Waals surface area contributed by atoms with E-state index in [1.54, 1.807) is 0 Å². The van der Waals surface area contributed by atoms with Gasteiger partial charge in [0.25, 0.3) is 0 Å². The number of hydrogen-bond donors (Lipinski definition) is 0. The molecular weight excluding hydrogens is 210 g/mol. The van der Waals surface area contributed by atoms with Crippen molar-refractivity contribution in [3.8, 4) is 0 Å². The minimum absolute atomic E-state index is 0.360. The molecule has 0 bridgehead atoms. The molecule has 0 radical (unpaired) electrons. The van der Waals surface area contributed by atoms with Crippen LogP contribution >= 0.6 is 0 Å². The van der Waals surface area contributed by atoms with E-state index in [1.807, 2.05) is 14.1 Å². The van der Waals surface area contributed by atoms with E-state index in [0.717, 1.165) is 18.4 Å². The van der Waals surface area contributed by atoms with Crippen LogP contribution in [0.3, 0.4) is 0 Å². The molecule has 0 N–H and O–H groups in total. The van der Waals surface area contributed by atoms with Crippen LogP contribution in [-0.2, 0) is 4.79 Å². The lowest BCUT2D eigenvalue weighted by atomic mass is 9.83. The number of Topliss-reactive ketones (excluding diaryl/α,β-unsaturated/α-hetero) is 1. The van der Waals surface area contributed by atoms with Crippen LogP contribution in [0.15, 0.2) is 12.2 Å². The first kappa shape index (κ1) is 14.4. The first-order chi connectivity index (χ1) is 8.08. The summed E-state index contributed by atoms with van der Waals surface area (Å²) in [7, 11) is 4.01. The van der Waals surface area contributed by atoms with Crippen molar-refractivity contribution >= 4 is 5.78 Å². The Balaban J connectivity index is 2.14. The van der Waals surface area contributed by atoms with Gasteiger partial charge in [0.1, 0.15) is 5.78 Å². The van der Waals surface area contributed by atoms with E-state index in [-0.39, 0.29) is 0 Å². The predicted octanol–water partition coefficient (Wildman–Crippen LogP) is 3.28. The molecule has 0 unspecified atom stereocenters. The molecule has 0 amide bonds. The quantitative estimate of drug-likeness (QED) is 0.661. The van der Waals surface area contributed by atoms with Gasteiger partial charge < -0.3 is 4.90 Å². The lowest BCUT2D eigenvalue weighted by Crippen LogP contribution is -2.16. The molecule has 1 aliphatic rings. The maximum absolute atomic E-state index is 11.6. The zero-order valence-electron chi connectivity index (χ0n) is 11.6. The molecule has 1 rings (SSSR count). The van der Waals surface area contributed by atoms with Crippen LogP contribution in [0.4, 0.5) is 0 Å². The molecule has 0 heterocycles. The number of nitrogens with zero attached hydrogens (tertiary/aromatic N) is 1. The van der Waals surface area contributed by atoms with E-state index >= 15 is 0 Å². The molecular formula is C15H27NO. The minimum Gasteiger partial charge on any atom is -0.309 e. The Kier molecular flexibility index (Phi) is 6.49. The fourth-order valence-corrected chi connectivity index (χ4v) is 2.32. The number of hydrogen-bond acceptors (Lipinski definition) is 2. The van der Waals surface area contributed by atoms with Crippen molar-refractivity contribution in [3.05, 3.63) is 12.2 Å². The second-order valence-electron chi connectivity index (χ2n) is 5.74. The van der Waals surface area contributed by atoms with Crippen LogP contribution in [0, 0.1) is 11.8 Å². The van der Waals surface area contributed by atoms with E-state index in [9.17, 15) is 4.79 Å². The highest BCUT2D eigenvalue weighted by Crippen LogP contribution is 2.28. The highest BCUT2D eigenvalue weighted by Gasteiger charge is 2.15. The largest absolute Gasteiger partial charge is 0.309 e. The van der Waals surface area contributed by atoms with Crippen molar-refractivity contribution in [2.75, 3.05) is 20.6 Å². The number of allylic oxidation sites excluding steroid dienone is 2. The predicted molar refractivity (Wildman–Crippen MR) is 73.1 cm³/mol. The Labute approximate surface area is 106 Å². The Morgan fingerprint density at radius 2 is 1.88 bits per heavy atom. The summed E-state index contributed by atoms with van der Waals surface area (Å²) in [5.74, 6) is 1.99. The third-order valence-corrected chi connectivity index (χ3v) is 3.65. The van der Waals surface area contributed by atoms with Crippen LogP contribution in [0.5, 0.6) is 0 Å². The van der Waals surface area contributed by atoms with Crippen LogP contribution in [0.25, 0.3) is 0 Å². The van der Waals surface area contributed by atoms with Gasteiger partial charge in [0.05, 0.1) is 0 Å². The molecule has 0 aromatic carbocycles. The number of carbonyl (C=O) groups excluding carboxylic acids is 1. The lowest BCUT2D eigenvalue weighted by Gasteiger charge is -2.23. The molecule has 2 nitrogen and oxygen atoms in total. The van der Waals surface area contributed by atoms with E-state index in [2.05, 4.69) is 24.0 Å². The van der Waals surface area contributed by atoms with E-state index < -0.39 is 0 Å². The number of ketones is 1. The highest BCUT2D eigenvalue weighted by molar-refractivity contribution is 5.79. The SMILES string of the molecule is CN(C)CCC(=O)C/C=C/[C@H]1CC[C@H](C)CC1. The monoisotopic (exact) mass is 237 g/mol. The highest BCUT2D eigenvalue weighted by atomic mass is 16.1. The molecule has 1 aliphatic carbocycles. The van der Waals surface area contributed by atoms with Gasteiger partial charge in [0, 0.05) is 19.4 Å². The van der Waals surface area contributed by atoms with E-state index in [1.165, 1.54) is 25.7 Å². The van der Waals surface area contributed by atoms with Crippen LogP contribution in [0.2, 0.25) is 0 Å².